The lowest BCUT2D eigenvalue weighted by molar-refractivity contribution is -0.116. The van der Waals surface area contributed by atoms with Crippen LogP contribution in [0.25, 0.3) is 0 Å². The first-order chi connectivity index (χ1) is 14.0. The number of piperidine rings is 1. The van der Waals surface area contributed by atoms with E-state index in [1.165, 1.54) is 0 Å². The molecule has 1 fully saturated rings. The number of hydrogen-bond donors (Lipinski definition) is 1. The van der Waals surface area contributed by atoms with Crippen LogP contribution in [0.15, 0.2) is 48.5 Å². The number of alkyl halides is 2. The molecule has 1 N–H and O–H groups in total. The molecule has 4 nitrogen and oxygen atoms in total. The minimum atomic E-state index is -2.82. The highest BCUT2D eigenvalue weighted by atomic mass is 35.5. The van der Waals surface area contributed by atoms with Crippen LogP contribution in [-0.4, -0.2) is 30.5 Å². The van der Waals surface area contributed by atoms with E-state index >= 15 is 0 Å². The summed E-state index contributed by atoms with van der Waals surface area (Å²) in [7, 11) is 0. The van der Waals surface area contributed by atoms with Crippen molar-refractivity contribution in [3.63, 3.8) is 0 Å². The molecular weight excluding hydrogens is 398 g/mol. The van der Waals surface area contributed by atoms with Crippen LogP contribution in [0.3, 0.4) is 0 Å². The Morgan fingerprint density at radius 2 is 1.83 bits per heavy atom. The number of amides is 1. The first-order valence-electron chi connectivity index (χ1n) is 9.80. The summed E-state index contributed by atoms with van der Waals surface area (Å²) in [6.45, 7) is -0.485. The molecular formula is C22H25ClF2N2O2. The van der Waals surface area contributed by atoms with Crippen molar-refractivity contribution >= 4 is 23.2 Å². The molecule has 3 rings (SSSR count). The summed E-state index contributed by atoms with van der Waals surface area (Å²) >= 11 is 6.07. The van der Waals surface area contributed by atoms with Gasteiger partial charge < -0.3 is 10.1 Å². The Bertz CT molecular complexity index is 811. The Kier molecular flexibility index (Phi) is 7.83. The van der Waals surface area contributed by atoms with Gasteiger partial charge in [-0.3, -0.25) is 9.69 Å². The van der Waals surface area contributed by atoms with Crippen LogP contribution in [0.5, 0.6) is 5.75 Å². The Morgan fingerprint density at radius 1 is 1.14 bits per heavy atom. The fourth-order valence-corrected chi connectivity index (χ4v) is 3.81. The van der Waals surface area contributed by atoms with Gasteiger partial charge in [0.15, 0.2) is 0 Å². The summed E-state index contributed by atoms with van der Waals surface area (Å²) in [5.41, 5.74) is 1.41. The van der Waals surface area contributed by atoms with Crippen LogP contribution >= 0.6 is 11.6 Å². The number of halogens is 3. The second-order valence-corrected chi connectivity index (χ2v) is 7.68. The Morgan fingerprint density at radius 3 is 2.55 bits per heavy atom. The standard InChI is InChI=1S/C22H25ClF2N2O2/c23-18-6-2-3-7-19(18)26-21(28)10-9-16-11-13-27(14-12-16)15-17-5-1-4-8-20(17)29-22(24)25/h1-8,16,22H,9-15H2,(H,26,28). The lowest BCUT2D eigenvalue weighted by Crippen LogP contribution is -2.33. The first kappa shape index (κ1) is 21.5. The Balaban J connectivity index is 1.42. The number of likely N-dealkylation sites (tertiary alicyclic amines) is 1. The molecule has 0 radical (unpaired) electrons. The van der Waals surface area contributed by atoms with Crippen molar-refractivity contribution < 1.29 is 18.3 Å². The first-order valence-corrected chi connectivity index (χ1v) is 10.2. The van der Waals surface area contributed by atoms with Gasteiger partial charge in [-0.1, -0.05) is 41.9 Å². The van der Waals surface area contributed by atoms with Crippen molar-refractivity contribution in [2.24, 2.45) is 5.92 Å². The third-order valence-corrected chi connectivity index (χ3v) is 5.55. The van der Waals surface area contributed by atoms with Gasteiger partial charge in [0.1, 0.15) is 5.75 Å². The van der Waals surface area contributed by atoms with Crippen LogP contribution in [0, 0.1) is 5.92 Å². The molecule has 29 heavy (non-hydrogen) atoms. The van der Waals surface area contributed by atoms with Crippen LogP contribution < -0.4 is 10.1 Å². The molecule has 0 atom stereocenters. The van der Waals surface area contributed by atoms with E-state index in [4.69, 9.17) is 11.6 Å². The summed E-state index contributed by atoms with van der Waals surface area (Å²) < 4.78 is 29.7. The number of benzene rings is 2. The topological polar surface area (TPSA) is 41.6 Å². The average molecular weight is 423 g/mol. The molecule has 1 aliphatic rings. The highest BCUT2D eigenvalue weighted by molar-refractivity contribution is 6.33. The van der Waals surface area contributed by atoms with Crippen molar-refractivity contribution in [3.8, 4) is 5.75 Å². The molecule has 0 bridgehead atoms. The summed E-state index contributed by atoms with van der Waals surface area (Å²) in [6.07, 6.45) is 3.25. The summed E-state index contributed by atoms with van der Waals surface area (Å²) in [5.74, 6) is 0.690. The van der Waals surface area contributed by atoms with Crippen LogP contribution in [0.4, 0.5) is 14.5 Å². The smallest absolute Gasteiger partial charge is 0.387 e. The minimum absolute atomic E-state index is 0.0291. The number of hydrogen-bond acceptors (Lipinski definition) is 3. The van der Waals surface area contributed by atoms with Gasteiger partial charge in [-0.25, -0.2) is 0 Å². The fraction of sp³-hybridized carbons (Fsp3) is 0.409. The zero-order valence-electron chi connectivity index (χ0n) is 16.1. The van der Waals surface area contributed by atoms with E-state index in [0.717, 1.165) is 37.9 Å². The van der Waals surface area contributed by atoms with E-state index in [2.05, 4.69) is 15.0 Å². The maximum absolute atomic E-state index is 12.6. The number of nitrogens with one attached hydrogen (secondary N) is 1. The maximum atomic E-state index is 12.6. The van der Waals surface area contributed by atoms with E-state index in [-0.39, 0.29) is 11.7 Å². The molecule has 1 heterocycles. The van der Waals surface area contributed by atoms with Gasteiger partial charge in [0.25, 0.3) is 0 Å². The normalized spacial score (nSPS) is 15.4. The minimum Gasteiger partial charge on any atom is -0.434 e. The van der Waals surface area contributed by atoms with E-state index in [1.807, 2.05) is 24.3 Å². The third kappa shape index (κ3) is 6.68. The molecule has 0 spiro atoms. The number of rotatable bonds is 8. The predicted molar refractivity (Wildman–Crippen MR) is 110 cm³/mol. The van der Waals surface area contributed by atoms with Crippen molar-refractivity contribution in [2.45, 2.75) is 38.8 Å². The van der Waals surface area contributed by atoms with E-state index in [9.17, 15) is 13.6 Å². The molecule has 0 aliphatic carbocycles. The van der Waals surface area contributed by atoms with Gasteiger partial charge in [0.2, 0.25) is 5.91 Å². The molecule has 7 heteroatoms. The highest BCUT2D eigenvalue weighted by Crippen LogP contribution is 2.27. The number of carbonyl (C=O) groups excluding carboxylic acids is 1. The molecule has 0 unspecified atom stereocenters. The molecule has 0 saturated carbocycles. The Labute approximate surface area is 174 Å². The molecule has 2 aromatic rings. The second-order valence-electron chi connectivity index (χ2n) is 7.27. The van der Waals surface area contributed by atoms with Crippen molar-refractivity contribution in [3.05, 3.63) is 59.1 Å². The SMILES string of the molecule is O=C(CCC1CCN(Cc2ccccc2OC(F)F)CC1)Nc1ccccc1Cl. The van der Waals surface area contributed by atoms with E-state index in [1.54, 1.807) is 24.3 Å². The van der Waals surface area contributed by atoms with Gasteiger partial charge in [0.05, 0.1) is 10.7 Å². The highest BCUT2D eigenvalue weighted by Gasteiger charge is 2.21. The number of carbonyl (C=O) groups is 1. The zero-order chi connectivity index (χ0) is 20.6. The molecule has 1 amide bonds. The number of para-hydroxylation sites is 2. The summed E-state index contributed by atoms with van der Waals surface area (Å²) in [5, 5.41) is 3.39. The van der Waals surface area contributed by atoms with Crippen LogP contribution in [0.2, 0.25) is 5.02 Å². The average Bonchev–Trinajstić information content (AvgIpc) is 2.70. The monoisotopic (exact) mass is 422 g/mol. The molecule has 2 aromatic carbocycles. The van der Waals surface area contributed by atoms with Crippen LogP contribution in [-0.2, 0) is 11.3 Å². The van der Waals surface area contributed by atoms with E-state index in [0.29, 0.717) is 29.6 Å². The largest absolute Gasteiger partial charge is 0.434 e. The predicted octanol–water partition coefficient (Wildman–Crippen LogP) is 5.57. The van der Waals surface area contributed by atoms with Gasteiger partial charge in [-0.15, -0.1) is 0 Å². The lowest BCUT2D eigenvalue weighted by atomic mass is 9.92. The van der Waals surface area contributed by atoms with Gasteiger partial charge in [-0.2, -0.15) is 8.78 Å². The lowest BCUT2D eigenvalue weighted by Gasteiger charge is -2.32. The Hall–Kier alpha value is -2.18. The quantitative estimate of drug-likeness (QED) is 0.604. The van der Waals surface area contributed by atoms with Crippen molar-refractivity contribution in [1.82, 2.24) is 4.90 Å². The summed E-state index contributed by atoms with van der Waals surface area (Å²) in [6, 6.07) is 14.1. The maximum Gasteiger partial charge on any atom is 0.387 e. The van der Waals surface area contributed by atoms with Gasteiger partial charge in [-0.05, 0) is 56.5 Å². The second kappa shape index (κ2) is 10.6. The van der Waals surface area contributed by atoms with Crippen LogP contribution in [0.1, 0.15) is 31.2 Å². The zero-order valence-corrected chi connectivity index (χ0v) is 16.9. The van der Waals surface area contributed by atoms with Crippen molar-refractivity contribution in [2.75, 3.05) is 18.4 Å². The van der Waals surface area contributed by atoms with Gasteiger partial charge in [0, 0.05) is 18.5 Å². The molecule has 0 aromatic heterocycles. The number of ether oxygens (including phenoxy) is 1. The van der Waals surface area contributed by atoms with Crippen molar-refractivity contribution in [1.29, 1.82) is 0 Å². The van der Waals surface area contributed by atoms with E-state index < -0.39 is 6.61 Å². The molecule has 1 saturated heterocycles. The fourth-order valence-electron chi connectivity index (χ4n) is 3.63. The molecule has 1 aliphatic heterocycles. The number of anilines is 1. The number of nitrogens with zero attached hydrogens (tertiary/aromatic N) is 1. The summed E-state index contributed by atoms with van der Waals surface area (Å²) in [4.78, 5) is 14.4. The molecule has 156 valence electrons. The van der Waals surface area contributed by atoms with Gasteiger partial charge >= 0.3 is 6.61 Å². The third-order valence-electron chi connectivity index (χ3n) is 5.22.